The smallest absolute Gasteiger partial charge is 0.242 e. The van der Waals surface area contributed by atoms with Crippen molar-refractivity contribution >= 4 is 27.6 Å². The van der Waals surface area contributed by atoms with Crippen LogP contribution in [0.4, 0.5) is 5.82 Å². The van der Waals surface area contributed by atoms with Gasteiger partial charge in [-0.15, -0.1) is 0 Å². The van der Waals surface area contributed by atoms with Crippen LogP contribution in [-0.4, -0.2) is 37.5 Å². The van der Waals surface area contributed by atoms with Crippen molar-refractivity contribution in [2.24, 2.45) is 0 Å². The van der Waals surface area contributed by atoms with Crippen molar-refractivity contribution in [1.29, 1.82) is 0 Å². The number of nitrogens with zero attached hydrogens (tertiary/aromatic N) is 1. The second kappa shape index (κ2) is 6.58. The summed E-state index contributed by atoms with van der Waals surface area (Å²) in [4.78, 5) is 4.32. The first-order valence-electron chi connectivity index (χ1n) is 6.42. The minimum atomic E-state index is -3.45. The van der Waals surface area contributed by atoms with Gasteiger partial charge in [0.1, 0.15) is 10.7 Å². The van der Waals surface area contributed by atoms with Gasteiger partial charge in [0.05, 0.1) is 0 Å². The molecule has 5 nitrogen and oxygen atoms in total. The van der Waals surface area contributed by atoms with Crippen LogP contribution < -0.4 is 10.0 Å². The quantitative estimate of drug-likeness (QED) is 0.866. The van der Waals surface area contributed by atoms with E-state index in [0.717, 1.165) is 30.9 Å². The Bertz CT molecular complexity index is 496. The van der Waals surface area contributed by atoms with E-state index in [1.165, 1.54) is 6.20 Å². The summed E-state index contributed by atoms with van der Waals surface area (Å²) >= 11 is 1.80. The summed E-state index contributed by atoms with van der Waals surface area (Å²) < 4.78 is 27.1. The van der Waals surface area contributed by atoms with E-state index in [9.17, 15) is 8.42 Å². The zero-order valence-electron chi connectivity index (χ0n) is 10.9. The molecule has 1 aromatic heterocycles. The molecule has 7 heteroatoms. The number of anilines is 1. The molecule has 106 valence electrons. The first-order valence-corrected chi connectivity index (χ1v) is 9.05. The molecule has 0 spiro atoms. The highest BCUT2D eigenvalue weighted by atomic mass is 32.2. The molecule has 0 bridgehead atoms. The fourth-order valence-electron chi connectivity index (χ4n) is 1.95. The molecule has 1 aromatic rings. The molecular weight excluding hydrogens is 282 g/mol. The third kappa shape index (κ3) is 4.09. The molecule has 0 amide bonds. The molecule has 1 aliphatic heterocycles. The van der Waals surface area contributed by atoms with Gasteiger partial charge in [-0.1, -0.05) is 0 Å². The van der Waals surface area contributed by atoms with E-state index in [-0.39, 0.29) is 10.9 Å². The Kier molecular flexibility index (Phi) is 5.06. The molecule has 0 radical (unpaired) electrons. The van der Waals surface area contributed by atoms with E-state index in [1.807, 2.05) is 6.92 Å². The number of rotatable bonds is 5. The fourth-order valence-corrected chi connectivity index (χ4v) is 4.34. The van der Waals surface area contributed by atoms with Gasteiger partial charge in [-0.25, -0.2) is 18.1 Å². The molecule has 0 saturated carbocycles. The Balaban J connectivity index is 2.05. The third-order valence-electron chi connectivity index (χ3n) is 2.89. The highest BCUT2D eigenvalue weighted by Gasteiger charge is 2.22. The van der Waals surface area contributed by atoms with Crippen molar-refractivity contribution in [2.45, 2.75) is 30.7 Å². The molecule has 1 saturated heterocycles. The number of aromatic nitrogens is 1. The summed E-state index contributed by atoms with van der Waals surface area (Å²) in [5.74, 6) is 2.66. The minimum Gasteiger partial charge on any atom is -0.370 e. The van der Waals surface area contributed by atoms with Gasteiger partial charge in [0.15, 0.2) is 0 Å². The maximum atomic E-state index is 12.2. The minimum absolute atomic E-state index is 0.0391. The first kappa shape index (κ1) is 14.6. The van der Waals surface area contributed by atoms with E-state index in [0.29, 0.717) is 5.82 Å². The summed E-state index contributed by atoms with van der Waals surface area (Å²) in [5, 5.41) is 3.04. The number of sulfonamides is 1. The zero-order chi connectivity index (χ0) is 13.7. The predicted octanol–water partition coefficient (Wildman–Crippen LogP) is 1.69. The van der Waals surface area contributed by atoms with E-state index >= 15 is 0 Å². The fraction of sp³-hybridized carbons (Fsp3) is 0.583. The van der Waals surface area contributed by atoms with E-state index in [1.54, 1.807) is 23.9 Å². The topological polar surface area (TPSA) is 71.1 Å². The number of hydrogen-bond acceptors (Lipinski definition) is 5. The summed E-state index contributed by atoms with van der Waals surface area (Å²) in [5.41, 5.74) is 0. The van der Waals surface area contributed by atoms with Gasteiger partial charge in [-0.2, -0.15) is 11.8 Å². The molecule has 2 N–H and O–H groups in total. The summed E-state index contributed by atoms with van der Waals surface area (Å²) in [6, 6.07) is 3.31. The Morgan fingerprint density at radius 3 is 2.89 bits per heavy atom. The highest BCUT2D eigenvalue weighted by molar-refractivity contribution is 7.99. The summed E-state index contributed by atoms with van der Waals surface area (Å²) in [6.07, 6.45) is 3.38. The highest BCUT2D eigenvalue weighted by Crippen LogP contribution is 2.19. The zero-order valence-corrected chi connectivity index (χ0v) is 12.6. The summed E-state index contributed by atoms with van der Waals surface area (Å²) in [7, 11) is -3.45. The number of thioether (sulfide) groups is 1. The van der Waals surface area contributed by atoms with Crippen LogP contribution in [0.2, 0.25) is 0 Å². The molecule has 1 aliphatic rings. The molecule has 0 aliphatic carbocycles. The maximum Gasteiger partial charge on any atom is 0.242 e. The van der Waals surface area contributed by atoms with Crippen LogP contribution >= 0.6 is 11.8 Å². The van der Waals surface area contributed by atoms with Crippen molar-refractivity contribution in [2.75, 3.05) is 23.4 Å². The van der Waals surface area contributed by atoms with Crippen molar-refractivity contribution in [3.05, 3.63) is 18.3 Å². The standard InChI is InChI=1S/C12H19N3O2S2/c1-2-13-12-6-5-11(8-14-12)19(16,17)15-10-4-3-7-18-9-10/h5-6,8,10,15H,2-4,7,9H2,1H3,(H,13,14). The average Bonchev–Trinajstić information content (AvgIpc) is 2.40. The van der Waals surface area contributed by atoms with Gasteiger partial charge in [-0.3, -0.25) is 0 Å². The van der Waals surface area contributed by atoms with Gasteiger partial charge < -0.3 is 5.32 Å². The average molecular weight is 301 g/mol. The summed E-state index contributed by atoms with van der Waals surface area (Å²) in [6.45, 7) is 2.73. The molecule has 0 aromatic carbocycles. The SMILES string of the molecule is CCNc1ccc(S(=O)(=O)NC2CCCSC2)cn1. The molecule has 2 rings (SSSR count). The number of pyridine rings is 1. The van der Waals surface area contributed by atoms with Crippen molar-refractivity contribution in [3.63, 3.8) is 0 Å². The van der Waals surface area contributed by atoms with Crippen molar-refractivity contribution in [3.8, 4) is 0 Å². The van der Waals surface area contributed by atoms with Crippen LogP contribution in [0.3, 0.4) is 0 Å². The van der Waals surface area contributed by atoms with Gasteiger partial charge in [0, 0.05) is 24.5 Å². The lowest BCUT2D eigenvalue weighted by Crippen LogP contribution is -2.38. The molecule has 2 heterocycles. The van der Waals surface area contributed by atoms with Crippen LogP contribution in [0.5, 0.6) is 0 Å². The molecule has 1 fully saturated rings. The van der Waals surface area contributed by atoms with Crippen molar-refractivity contribution in [1.82, 2.24) is 9.71 Å². The first-order chi connectivity index (χ1) is 9.12. The lowest BCUT2D eigenvalue weighted by Gasteiger charge is -2.22. The van der Waals surface area contributed by atoms with Crippen LogP contribution in [-0.2, 0) is 10.0 Å². The van der Waals surface area contributed by atoms with Gasteiger partial charge in [-0.05, 0) is 37.7 Å². The third-order valence-corrected chi connectivity index (χ3v) is 5.61. The molecule has 1 atom stereocenters. The molecular formula is C12H19N3O2S2. The van der Waals surface area contributed by atoms with Crippen LogP contribution in [0.1, 0.15) is 19.8 Å². The van der Waals surface area contributed by atoms with Crippen LogP contribution in [0.15, 0.2) is 23.2 Å². The number of nitrogens with one attached hydrogen (secondary N) is 2. The monoisotopic (exact) mass is 301 g/mol. The van der Waals surface area contributed by atoms with E-state index in [4.69, 9.17) is 0 Å². The number of hydrogen-bond donors (Lipinski definition) is 2. The van der Waals surface area contributed by atoms with E-state index in [2.05, 4.69) is 15.0 Å². The van der Waals surface area contributed by atoms with Gasteiger partial charge in [0.2, 0.25) is 10.0 Å². The molecule has 1 unspecified atom stereocenters. The predicted molar refractivity (Wildman–Crippen MR) is 79.1 cm³/mol. The second-order valence-electron chi connectivity index (χ2n) is 4.44. The maximum absolute atomic E-state index is 12.2. The largest absolute Gasteiger partial charge is 0.370 e. The lowest BCUT2D eigenvalue weighted by molar-refractivity contribution is 0.543. The van der Waals surface area contributed by atoms with Crippen molar-refractivity contribution < 1.29 is 8.42 Å². The van der Waals surface area contributed by atoms with Gasteiger partial charge in [0.25, 0.3) is 0 Å². The molecule has 19 heavy (non-hydrogen) atoms. The van der Waals surface area contributed by atoms with Crippen LogP contribution in [0.25, 0.3) is 0 Å². The second-order valence-corrected chi connectivity index (χ2v) is 7.31. The lowest BCUT2D eigenvalue weighted by atomic mass is 10.2. The van der Waals surface area contributed by atoms with Gasteiger partial charge >= 0.3 is 0 Å². The Morgan fingerprint density at radius 1 is 1.47 bits per heavy atom. The van der Waals surface area contributed by atoms with E-state index < -0.39 is 10.0 Å². The van der Waals surface area contributed by atoms with Crippen LogP contribution in [0, 0.1) is 0 Å². The Hall–Kier alpha value is -0.790. The Morgan fingerprint density at radius 2 is 2.32 bits per heavy atom. The normalized spacial score (nSPS) is 20.2. The Labute approximate surface area is 118 Å².